The van der Waals surface area contributed by atoms with Crippen LogP contribution in [0.2, 0.25) is 0 Å². The lowest BCUT2D eigenvalue weighted by Gasteiger charge is -2.20. The SMILES string of the molecule is COC(=O)c1cc(C)c(OC(=O)c2c3cc(OCCCSOC(C)c4ccc(C)cc4)ccc3nc3ccc(OCCCSOC(c4ccc(C)cc4)C(F)(F)F)cc23)c(C)c1. The molecule has 0 fully saturated rings. The summed E-state index contributed by atoms with van der Waals surface area (Å²) in [4.78, 5) is 31.5. The predicted octanol–water partition coefficient (Wildman–Crippen LogP) is 12.6. The summed E-state index contributed by atoms with van der Waals surface area (Å²) in [7, 11) is 1.30. The molecule has 0 aliphatic heterocycles. The van der Waals surface area contributed by atoms with Crippen LogP contribution in [0, 0.1) is 27.7 Å². The Bertz CT molecular complexity index is 2470. The Morgan fingerprint density at radius 3 is 1.66 bits per heavy atom. The molecule has 0 bridgehead atoms. The Hall–Kier alpha value is -5.28. The van der Waals surface area contributed by atoms with Gasteiger partial charge in [-0.05, 0) is 142 Å². The molecule has 62 heavy (non-hydrogen) atoms. The van der Waals surface area contributed by atoms with Crippen molar-refractivity contribution in [2.75, 3.05) is 31.8 Å². The van der Waals surface area contributed by atoms with Gasteiger partial charge < -0.3 is 23.1 Å². The van der Waals surface area contributed by atoms with Crippen molar-refractivity contribution in [3.05, 3.63) is 142 Å². The van der Waals surface area contributed by atoms with Crippen molar-refractivity contribution in [1.82, 2.24) is 4.98 Å². The van der Waals surface area contributed by atoms with E-state index in [1.165, 1.54) is 36.8 Å². The molecular formula is C48H48F3NO8S2. The monoisotopic (exact) mass is 887 g/mol. The van der Waals surface area contributed by atoms with Crippen LogP contribution < -0.4 is 14.2 Å². The number of carbonyl (C=O) groups excluding carboxylic acids is 2. The summed E-state index contributed by atoms with van der Waals surface area (Å²) in [6.45, 7) is 9.92. The van der Waals surface area contributed by atoms with Gasteiger partial charge in [0.2, 0.25) is 0 Å². The number of rotatable bonds is 19. The van der Waals surface area contributed by atoms with Crippen LogP contribution in [-0.4, -0.2) is 54.9 Å². The minimum absolute atomic E-state index is 0.0322. The van der Waals surface area contributed by atoms with E-state index < -0.39 is 24.2 Å². The van der Waals surface area contributed by atoms with Gasteiger partial charge in [0.15, 0.2) is 6.10 Å². The van der Waals surface area contributed by atoms with Crippen LogP contribution in [0.5, 0.6) is 17.2 Å². The molecule has 0 N–H and O–H groups in total. The Kier molecular flexibility index (Phi) is 15.8. The molecule has 0 spiro atoms. The van der Waals surface area contributed by atoms with Crippen molar-refractivity contribution < 1.29 is 50.1 Å². The predicted molar refractivity (Wildman–Crippen MR) is 238 cm³/mol. The van der Waals surface area contributed by atoms with Crippen LogP contribution in [0.15, 0.2) is 97.1 Å². The maximum atomic E-state index is 14.4. The Labute approximate surface area is 368 Å². The van der Waals surface area contributed by atoms with E-state index in [9.17, 15) is 22.8 Å². The van der Waals surface area contributed by atoms with E-state index in [2.05, 4.69) is 24.3 Å². The second-order valence-electron chi connectivity index (χ2n) is 14.8. The largest absolute Gasteiger partial charge is 0.494 e. The molecule has 0 saturated carbocycles. The number of hydrogen-bond donors (Lipinski definition) is 0. The minimum Gasteiger partial charge on any atom is -0.494 e. The number of esters is 2. The molecular weight excluding hydrogens is 840 g/mol. The number of aryl methyl sites for hydroxylation is 4. The van der Waals surface area contributed by atoms with Crippen LogP contribution in [0.3, 0.4) is 0 Å². The molecule has 14 heteroatoms. The highest BCUT2D eigenvalue weighted by Gasteiger charge is 2.42. The number of methoxy groups -OCH3 is 1. The first-order chi connectivity index (χ1) is 29.7. The van der Waals surface area contributed by atoms with E-state index in [0.717, 1.165) is 23.2 Å². The number of hydrogen-bond acceptors (Lipinski definition) is 11. The van der Waals surface area contributed by atoms with Crippen LogP contribution in [-0.2, 0) is 13.1 Å². The Morgan fingerprint density at radius 1 is 0.661 bits per heavy atom. The van der Waals surface area contributed by atoms with E-state index in [1.807, 2.05) is 13.8 Å². The fraction of sp³-hybridized carbons (Fsp3) is 0.312. The minimum atomic E-state index is -4.58. The van der Waals surface area contributed by atoms with E-state index in [1.54, 1.807) is 81.4 Å². The number of halogens is 3. The number of fused-ring (bicyclic) bond motifs is 2. The number of aromatic nitrogens is 1. The zero-order valence-electron chi connectivity index (χ0n) is 35.3. The van der Waals surface area contributed by atoms with Gasteiger partial charge in [0, 0.05) is 22.3 Å². The molecule has 0 radical (unpaired) electrons. The summed E-state index contributed by atoms with van der Waals surface area (Å²) in [5.41, 5.74) is 5.90. The first-order valence-corrected chi connectivity index (χ1v) is 21.8. The lowest BCUT2D eigenvalue weighted by Crippen LogP contribution is -2.22. The van der Waals surface area contributed by atoms with Crippen molar-refractivity contribution in [1.29, 1.82) is 0 Å². The van der Waals surface area contributed by atoms with Crippen molar-refractivity contribution >= 4 is 57.8 Å². The summed E-state index contributed by atoms with van der Waals surface area (Å²) in [5.74, 6) is 1.02. The second kappa shape index (κ2) is 21.2. The Balaban J connectivity index is 1.18. The molecule has 6 rings (SSSR count). The smallest absolute Gasteiger partial charge is 0.420 e. The molecule has 0 aliphatic carbocycles. The van der Waals surface area contributed by atoms with Gasteiger partial charge in [-0.3, -0.25) is 4.18 Å². The van der Waals surface area contributed by atoms with Crippen LogP contribution >= 0.6 is 24.1 Å². The number of pyridine rings is 1. The molecule has 1 aromatic heterocycles. The number of carbonyl (C=O) groups is 2. The molecule has 1 heterocycles. The Morgan fingerprint density at radius 2 is 1.16 bits per heavy atom. The molecule has 0 amide bonds. The summed E-state index contributed by atoms with van der Waals surface area (Å²) < 4.78 is 75.8. The van der Waals surface area contributed by atoms with E-state index in [4.69, 9.17) is 32.3 Å². The van der Waals surface area contributed by atoms with Crippen molar-refractivity contribution in [2.45, 2.75) is 65.8 Å². The standard InChI is InChI=1S/C48H48F3NO8S2/c1-29-9-13-34(14-10-29)33(5)59-61-23-7-21-56-37-17-19-41-39(27-37)43(47(54)58-44-31(3)25-36(26-32(44)4)46(53)55-6)40-28-38(18-20-42(40)52-41)57-22-8-24-62-60-45(48(49,50)51)35-15-11-30(2)12-16-35/h9-20,25-28,33,45H,7-8,21-24H2,1-6H3. The lowest BCUT2D eigenvalue weighted by molar-refractivity contribution is -0.194. The highest BCUT2D eigenvalue weighted by atomic mass is 32.2. The van der Waals surface area contributed by atoms with Gasteiger partial charge >= 0.3 is 18.1 Å². The van der Waals surface area contributed by atoms with E-state index >= 15 is 0 Å². The first-order valence-electron chi connectivity index (χ1n) is 20.0. The molecule has 6 aromatic rings. The molecule has 0 saturated heterocycles. The lowest BCUT2D eigenvalue weighted by atomic mass is 10.0. The number of alkyl halides is 3. The second-order valence-corrected chi connectivity index (χ2v) is 16.5. The number of ether oxygens (including phenoxy) is 4. The topological polar surface area (TPSA) is 102 Å². The van der Waals surface area contributed by atoms with Gasteiger partial charge in [0.25, 0.3) is 0 Å². The van der Waals surface area contributed by atoms with Crippen LogP contribution in [0.4, 0.5) is 13.2 Å². The van der Waals surface area contributed by atoms with Crippen LogP contribution in [0.25, 0.3) is 21.8 Å². The third-order valence-corrected chi connectivity index (χ3v) is 11.5. The number of nitrogens with zero attached hydrogens (tertiary/aromatic N) is 1. The fourth-order valence-corrected chi connectivity index (χ4v) is 7.94. The van der Waals surface area contributed by atoms with Gasteiger partial charge in [-0.15, -0.1) is 0 Å². The van der Waals surface area contributed by atoms with Gasteiger partial charge in [0.05, 0.1) is 48.6 Å². The third-order valence-electron chi connectivity index (χ3n) is 9.88. The maximum absolute atomic E-state index is 14.4. The zero-order chi connectivity index (χ0) is 44.4. The van der Waals surface area contributed by atoms with Crippen molar-refractivity contribution in [3.63, 3.8) is 0 Å². The summed E-state index contributed by atoms with van der Waals surface area (Å²) >= 11 is 2.12. The first kappa shape index (κ1) is 46.2. The van der Waals surface area contributed by atoms with Gasteiger partial charge in [-0.2, -0.15) is 13.2 Å². The molecule has 0 aliphatic rings. The summed E-state index contributed by atoms with van der Waals surface area (Å²) in [6, 6.07) is 28.0. The molecule has 326 valence electrons. The average molecular weight is 888 g/mol. The quantitative estimate of drug-likeness (QED) is 0.0255. The highest BCUT2D eigenvalue weighted by Crippen LogP contribution is 2.39. The third kappa shape index (κ3) is 12.0. The fourth-order valence-electron chi connectivity index (χ4n) is 6.61. The molecule has 2 unspecified atom stereocenters. The van der Waals surface area contributed by atoms with Crippen molar-refractivity contribution in [2.24, 2.45) is 0 Å². The van der Waals surface area contributed by atoms with Crippen molar-refractivity contribution in [3.8, 4) is 17.2 Å². The number of benzene rings is 5. The molecule has 5 aromatic carbocycles. The van der Waals surface area contributed by atoms with Gasteiger partial charge in [-0.25, -0.2) is 14.6 Å². The van der Waals surface area contributed by atoms with Crippen LogP contribution in [0.1, 0.15) is 86.1 Å². The molecule has 2 atom stereocenters. The summed E-state index contributed by atoms with van der Waals surface area (Å²) in [5, 5.41) is 0.948. The summed E-state index contributed by atoms with van der Waals surface area (Å²) in [6.07, 6.45) is -5.61. The maximum Gasteiger partial charge on any atom is 0.420 e. The average Bonchev–Trinajstić information content (AvgIpc) is 3.24. The van der Waals surface area contributed by atoms with Gasteiger partial charge in [0.1, 0.15) is 17.2 Å². The van der Waals surface area contributed by atoms with Gasteiger partial charge in [-0.1, -0.05) is 59.7 Å². The zero-order valence-corrected chi connectivity index (χ0v) is 36.9. The highest BCUT2D eigenvalue weighted by molar-refractivity contribution is 7.94. The van der Waals surface area contributed by atoms with E-state index in [0.29, 0.717) is 80.9 Å². The molecule has 9 nitrogen and oxygen atoms in total. The normalized spacial score (nSPS) is 12.6. The van der Waals surface area contributed by atoms with E-state index in [-0.39, 0.29) is 29.6 Å².